The van der Waals surface area contributed by atoms with Crippen LogP contribution in [0.3, 0.4) is 0 Å². The predicted octanol–water partition coefficient (Wildman–Crippen LogP) is 4.01. The summed E-state index contributed by atoms with van der Waals surface area (Å²) in [5.74, 6) is 1.04. The molecule has 1 fully saturated rings. The highest BCUT2D eigenvalue weighted by atomic mass is 35.5. The molecule has 6 heteroatoms. The Morgan fingerprint density at radius 1 is 1.29 bits per heavy atom. The maximum atomic E-state index is 12.4. The Bertz CT molecular complexity index is 548. The van der Waals surface area contributed by atoms with E-state index >= 15 is 0 Å². The first-order chi connectivity index (χ1) is 9.84. The molecule has 1 aliphatic carbocycles. The van der Waals surface area contributed by atoms with Crippen LogP contribution in [0.4, 0.5) is 5.69 Å². The summed E-state index contributed by atoms with van der Waals surface area (Å²) in [5.41, 5.74) is -0.216. The van der Waals surface area contributed by atoms with Gasteiger partial charge in [-0.15, -0.1) is 23.2 Å². The third kappa shape index (κ3) is 3.22. The molecular weight excluding hydrogens is 313 g/mol. The molecule has 1 N–H and O–H groups in total. The van der Waals surface area contributed by atoms with Gasteiger partial charge in [-0.25, -0.2) is 0 Å². The van der Waals surface area contributed by atoms with Gasteiger partial charge in [0.2, 0.25) is 5.91 Å². The van der Waals surface area contributed by atoms with Gasteiger partial charge in [-0.3, -0.25) is 4.79 Å². The maximum absolute atomic E-state index is 12.4. The molecule has 1 amide bonds. The molecule has 1 aromatic rings. The summed E-state index contributed by atoms with van der Waals surface area (Å²) < 4.78 is 9.96. The Balaban J connectivity index is 2.21. The number of alkyl halides is 2. The quantitative estimate of drug-likeness (QED) is 0.801. The first kappa shape index (κ1) is 16.2. The van der Waals surface area contributed by atoms with Crippen molar-refractivity contribution in [3.8, 4) is 11.5 Å². The van der Waals surface area contributed by atoms with Crippen LogP contribution in [-0.2, 0) is 4.79 Å². The van der Waals surface area contributed by atoms with Crippen LogP contribution in [0.5, 0.6) is 11.5 Å². The maximum Gasteiger partial charge on any atom is 0.233 e. The SMILES string of the molecule is CCOc1ccc(OCC)c(NC(=O)C2(C)CC2(Cl)Cl)c1. The molecule has 1 saturated carbocycles. The number of carbonyl (C=O) groups excluding carboxylic acids is 1. The summed E-state index contributed by atoms with van der Waals surface area (Å²) in [6.07, 6.45) is 0.435. The minimum Gasteiger partial charge on any atom is -0.494 e. The topological polar surface area (TPSA) is 47.6 Å². The van der Waals surface area contributed by atoms with Crippen molar-refractivity contribution in [1.29, 1.82) is 0 Å². The number of hydrogen-bond donors (Lipinski definition) is 1. The Morgan fingerprint density at radius 3 is 2.43 bits per heavy atom. The summed E-state index contributed by atoms with van der Waals surface area (Å²) in [7, 11) is 0. The smallest absolute Gasteiger partial charge is 0.233 e. The van der Waals surface area contributed by atoms with Crippen LogP contribution >= 0.6 is 23.2 Å². The zero-order valence-electron chi connectivity index (χ0n) is 12.3. The second kappa shape index (κ2) is 5.93. The first-order valence-electron chi connectivity index (χ1n) is 6.93. The molecule has 0 bridgehead atoms. The van der Waals surface area contributed by atoms with Crippen molar-refractivity contribution in [3.05, 3.63) is 18.2 Å². The molecule has 0 aliphatic heterocycles. The zero-order valence-corrected chi connectivity index (χ0v) is 13.8. The van der Waals surface area contributed by atoms with E-state index in [4.69, 9.17) is 32.7 Å². The summed E-state index contributed by atoms with van der Waals surface area (Å²) in [4.78, 5) is 12.4. The number of amides is 1. The highest BCUT2D eigenvalue weighted by molar-refractivity contribution is 6.53. The molecule has 21 heavy (non-hydrogen) atoms. The van der Waals surface area contributed by atoms with Crippen LogP contribution in [0.1, 0.15) is 27.2 Å². The molecule has 0 aromatic heterocycles. The lowest BCUT2D eigenvalue weighted by molar-refractivity contribution is -0.120. The van der Waals surface area contributed by atoms with Gasteiger partial charge < -0.3 is 14.8 Å². The van der Waals surface area contributed by atoms with Crippen LogP contribution in [0, 0.1) is 5.41 Å². The number of nitrogens with one attached hydrogen (secondary N) is 1. The van der Waals surface area contributed by atoms with Crippen LogP contribution in [0.15, 0.2) is 18.2 Å². The van der Waals surface area contributed by atoms with E-state index in [-0.39, 0.29) is 5.91 Å². The van der Waals surface area contributed by atoms with Crippen LogP contribution < -0.4 is 14.8 Å². The van der Waals surface area contributed by atoms with Gasteiger partial charge in [0, 0.05) is 6.07 Å². The van der Waals surface area contributed by atoms with E-state index in [0.717, 1.165) is 0 Å². The molecule has 116 valence electrons. The lowest BCUT2D eigenvalue weighted by Gasteiger charge is -2.16. The number of rotatable bonds is 6. The van der Waals surface area contributed by atoms with Gasteiger partial charge in [0.05, 0.1) is 24.3 Å². The molecule has 1 atom stereocenters. The van der Waals surface area contributed by atoms with Gasteiger partial charge in [0.15, 0.2) is 0 Å². The summed E-state index contributed by atoms with van der Waals surface area (Å²) in [5, 5.41) is 2.84. The lowest BCUT2D eigenvalue weighted by Crippen LogP contribution is -2.26. The van der Waals surface area contributed by atoms with Crippen molar-refractivity contribution < 1.29 is 14.3 Å². The van der Waals surface area contributed by atoms with Gasteiger partial charge in [0.25, 0.3) is 0 Å². The fourth-order valence-corrected chi connectivity index (χ4v) is 2.76. The monoisotopic (exact) mass is 331 g/mol. The Hall–Kier alpha value is -1.13. The standard InChI is InChI=1S/C15H19Cl2NO3/c1-4-20-10-6-7-12(21-5-2)11(8-10)18-13(19)14(3)9-15(14,16)17/h6-8H,4-5,9H2,1-3H3,(H,18,19). The molecule has 0 radical (unpaired) electrons. The molecule has 1 aromatic carbocycles. The number of benzene rings is 1. The summed E-state index contributed by atoms with van der Waals surface area (Å²) in [6.45, 7) is 6.58. The average Bonchev–Trinajstić information content (AvgIpc) is 2.94. The number of ether oxygens (including phenoxy) is 2. The molecule has 0 heterocycles. The third-order valence-corrected chi connectivity index (χ3v) is 4.67. The molecule has 0 saturated heterocycles. The second-order valence-electron chi connectivity index (χ2n) is 5.19. The average molecular weight is 332 g/mol. The van der Waals surface area contributed by atoms with Crippen molar-refractivity contribution in [2.24, 2.45) is 5.41 Å². The van der Waals surface area contributed by atoms with E-state index in [9.17, 15) is 4.79 Å². The van der Waals surface area contributed by atoms with E-state index in [1.165, 1.54) is 0 Å². The highest BCUT2D eigenvalue weighted by Crippen LogP contribution is 2.64. The summed E-state index contributed by atoms with van der Waals surface area (Å²) in [6, 6.07) is 5.31. The molecule has 2 rings (SSSR count). The van der Waals surface area contributed by atoms with E-state index in [0.29, 0.717) is 36.8 Å². The number of hydrogen-bond acceptors (Lipinski definition) is 3. The van der Waals surface area contributed by atoms with Gasteiger partial charge in [-0.1, -0.05) is 0 Å². The van der Waals surface area contributed by atoms with Crippen molar-refractivity contribution in [1.82, 2.24) is 0 Å². The normalized spacial score (nSPS) is 22.5. The Kier molecular flexibility index (Phi) is 4.59. The fraction of sp³-hybridized carbons (Fsp3) is 0.533. The third-order valence-electron chi connectivity index (χ3n) is 3.57. The molecule has 4 nitrogen and oxygen atoms in total. The predicted molar refractivity (Wildman–Crippen MR) is 84.6 cm³/mol. The number of halogens is 2. The summed E-state index contributed by atoms with van der Waals surface area (Å²) >= 11 is 12.1. The van der Waals surface area contributed by atoms with Gasteiger partial charge in [-0.05, 0) is 39.3 Å². The van der Waals surface area contributed by atoms with E-state index in [2.05, 4.69) is 5.32 Å². The first-order valence-corrected chi connectivity index (χ1v) is 7.68. The second-order valence-corrected chi connectivity index (χ2v) is 6.68. The minimum absolute atomic E-state index is 0.220. The van der Waals surface area contributed by atoms with Crippen LogP contribution in [-0.4, -0.2) is 23.5 Å². The van der Waals surface area contributed by atoms with Crippen molar-refractivity contribution in [2.45, 2.75) is 31.5 Å². The van der Waals surface area contributed by atoms with E-state index in [1.54, 1.807) is 25.1 Å². The molecule has 1 unspecified atom stereocenters. The van der Waals surface area contributed by atoms with Gasteiger partial charge in [0.1, 0.15) is 15.8 Å². The molecule has 0 spiro atoms. The lowest BCUT2D eigenvalue weighted by atomic mass is 10.1. The Morgan fingerprint density at radius 2 is 1.90 bits per heavy atom. The van der Waals surface area contributed by atoms with Crippen molar-refractivity contribution in [2.75, 3.05) is 18.5 Å². The van der Waals surface area contributed by atoms with Gasteiger partial charge in [-0.2, -0.15) is 0 Å². The fourth-order valence-electron chi connectivity index (χ4n) is 2.05. The highest BCUT2D eigenvalue weighted by Gasteiger charge is 2.67. The zero-order chi connectivity index (χ0) is 15.7. The Labute approximate surface area is 134 Å². The number of anilines is 1. The van der Waals surface area contributed by atoms with Crippen LogP contribution in [0.25, 0.3) is 0 Å². The van der Waals surface area contributed by atoms with E-state index in [1.807, 2.05) is 13.8 Å². The van der Waals surface area contributed by atoms with Crippen molar-refractivity contribution in [3.63, 3.8) is 0 Å². The van der Waals surface area contributed by atoms with E-state index < -0.39 is 9.75 Å². The molecular formula is C15H19Cl2NO3. The van der Waals surface area contributed by atoms with Gasteiger partial charge >= 0.3 is 0 Å². The molecule has 1 aliphatic rings. The number of carbonyl (C=O) groups is 1. The van der Waals surface area contributed by atoms with Crippen molar-refractivity contribution >= 4 is 34.8 Å². The largest absolute Gasteiger partial charge is 0.494 e. The minimum atomic E-state index is -1.000. The van der Waals surface area contributed by atoms with Crippen LogP contribution in [0.2, 0.25) is 0 Å².